The molecule has 11 heavy (non-hydrogen) atoms. The summed E-state index contributed by atoms with van der Waals surface area (Å²) in [7, 11) is 1.76. The van der Waals surface area contributed by atoms with E-state index in [2.05, 4.69) is 11.7 Å². The van der Waals surface area contributed by atoms with Gasteiger partial charge in [0.1, 0.15) is 0 Å². The number of carbonyl (C=O) groups excluding carboxylic acids is 1. The second-order valence-electron chi connectivity index (χ2n) is 2.25. The third kappa shape index (κ3) is 1.46. The molecule has 4 nitrogen and oxygen atoms in total. The molecule has 0 aromatic carbocycles. The van der Waals surface area contributed by atoms with Gasteiger partial charge in [0.25, 0.3) is 0 Å². The normalized spacial score (nSPS) is 9.55. The fourth-order valence-electron chi connectivity index (χ4n) is 0.719. The molecule has 0 aliphatic heterocycles. The molecule has 1 amide bonds. The van der Waals surface area contributed by atoms with Crippen LogP contribution in [0, 0.1) is 0 Å². The van der Waals surface area contributed by atoms with Gasteiger partial charge in [0.15, 0.2) is 0 Å². The van der Waals surface area contributed by atoms with Crippen LogP contribution in [0.25, 0.3) is 5.57 Å². The molecule has 0 bridgehead atoms. The van der Waals surface area contributed by atoms with E-state index in [1.807, 2.05) is 0 Å². The van der Waals surface area contributed by atoms with Crippen LogP contribution in [0.2, 0.25) is 0 Å². The van der Waals surface area contributed by atoms with Gasteiger partial charge in [0, 0.05) is 24.4 Å². The third-order valence-corrected chi connectivity index (χ3v) is 1.35. The van der Waals surface area contributed by atoms with E-state index < -0.39 is 5.91 Å². The summed E-state index contributed by atoms with van der Waals surface area (Å²) in [5.41, 5.74) is 5.96. The number of amides is 1. The monoisotopic (exact) mass is 151 g/mol. The zero-order valence-electron chi connectivity index (χ0n) is 6.24. The first-order valence-corrected chi connectivity index (χ1v) is 3.09. The lowest BCUT2D eigenvalue weighted by molar-refractivity contribution is -0.112. The summed E-state index contributed by atoms with van der Waals surface area (Å²) < 4.78 is 1.59. The Bertz CT molecular complexity index is 300. The minimum Gasteiger partial charge on any atom is -0.366 e. The van der Waals surface area contributed by atoms with Crippen LogP contribution in [0.5, 0.6) is 0 Å². The van der Waals surface area contributed by atoms with Gasteiger partial charge in [-0.15, -0.1) is 0 Å². The Balaban J connectivity index is 2.94. The summed E-state index contributed by atoms with van der Waals surface area (Å²) >= 11 is 0. The number of aryl methyl sites for hydroxylation is 1. The predicted octanol–water partition coefficient (Wildman–Crippen LogP) is -0.0814. The largest absolute Gasteiger partial charge is 0.366 e. The van der Waals surface area contributed by atoms with Crippen molar-refractivity contribution in [2.75, 3.05) is 0 Å². The molecule has 0 aliphatic carbocycles. The predicted molar refractivity (Wildman–Crippen MR) is 41.4 cm³/mol. The standard InChI is InChI=1S/C7H9N3O/c1-5(7(8)11)6-3-9-10(2)4-6/h3-4H,1H2,2H3,(H2,8,11). The molecule has 0 aliphatic rings. The Morgan fingerprint density at radius 2 is 2.45 bits per heavy atom. The van der Waals surface area contributed by atoms with Crippen LogP contribution in [0.4, 0.5) is 0 Å². The molecule has 1 aromatic heterocycles. The molecular formula is C7H9N3O. The van der Waals surface area contributed by atoms with Crippen molar-refractivity contribution < 1.29 is 4.79 Å². The number of primary amides is 1. The molecule has 0 radical (unpaired) electrons. The summed E-state index contributed by atoms with van der Waals surface area (Å²) in [5, 5.41) is 3.87. The lowest BCUT2D eigenvalue weighted by Gasteiger charge is -1.93. The van der Waals surface area contributed by atoms with Crippen molar-refractivity contribution in [2.24, 2.45) is 12.8 Å². The fourth-order valence-corrected chi connectivity index (χ4v) is 0.719. The lowest BCUT2D eigenvalue weighted by atomic mass is 10.2. The van der Waals surface area contributed by atoms with Crippen LogP contribution in [-0.2, 0) is 11.8 Å². The molecular weight excluding hydrogens is 142 g/mol. The van der Waals surface area contributed by atoms with Gasteiger partial charge < -0.3 is 5.73 Å². The first-order chi connectivity index (χ1) is 5.11. The molecule has 0 spiro atoms. The van der Waals surface area contributed by atoms with E-state index in [4.69, 9.17) is 5.73 Å². The number of nitrogens with zero attached hydrogens (tertiary/aromatic N) is 2. The number of nitrogens with two attached hydrogens (primary N) is 1. The van der Waals surface area contributed by atoms with Crippen LogP contribution in [0.1, 0.15) is 5.56 Å². The smallest absolute Gasteiger partial charge is 0.248 e. The molecule has 0 saturated carbocycles. The highest BCUT2D eigenvalue weighted by Crippen LogP contribution is 2.08. The van der Waals surface area contributed by atoms with Crippen molar-refractivity contribution in [3.05, 3.63) is 24.5 Å². The summed E-state index contributed by atoms with van der Waals surface area (Å²) in [5.74, 6) is -0.516. The first kappa shape index (κ1) is 7.53. The summed E-state index contributed by atoms with van der Waals surface area (Å²) in [4.78, 5) is 10.6. The van der Waals surface area contributed by atoms with Gasteiger partial charge in [-0.1, -0.05) is 6.58 Å². The SMILES string of the molecule is C=C(C(N)=O)c1cnn(C)c1. The van der Waals surface area contributed by atoms with Crippen LogP contribution in [0.3, 0.4) is 0 Å². The van der Waals surface area contributed by atoms with Gasteiger partial charge in [-0.3, -0.25) is 9.48 Å². The maximum atomic E-state index is 10.6. The Kier molecular flexibility index (Phi) is 1.76. The van der Waals surface area contributed by atoms with E-state index in [0.717, 1.165) is 0 Å². The first-order valence-electron chi connectivity index (χ1n) is 3.09. The highest BCUT2D eigenvalue weighted by atomic mass is 16.1. The second kappa shape index (κ2) is 2.57. The van der Waals surface area contributed by atoms with Gasteiger partial charge in [-0.05, 0) is 0 Å². The minimum atomic E-state index is -0.516. The van der Waals surface area contributed by atoms with Crippen molar-refractivity contribution in [1.82, 2.24) is 9.78 Å². The van der Waals surface area contributed by atoms with Gasteiger partial charge in [-0.25, -0.2) is 0 Å². The van der Waals surface area contributed by atoms with Crippen LogP contribution in [-0.4, -0.2) is 15.7 Å². The molecule has 1 heterocycles. The number of hydrogen-bond donors (Lipinski definition) is 1. The highest BCUT2D eigenvalue weighted by Gasteiger charge is 2.05. The van der Waals surface area contributed by atoms with Gasteiger partial charge >= 0.3 is 0 Å². The topological polar surface area (TPSA) is 60.9 Å². The van der Waals surface area contributed by atoms with Crippen molar-refractivity contribution in [1.29, 1.82) is 0 Å². The van der Waals surface area contributed by atoms with E-state index >= 15 is 0 Å². The van der Waals surface area contributed by atoms with Crippen LogP contribution < -0.4 is 5.73 Å². The zero-order chi connectivity index (χ0) is 8.43. The maximum Gasteiger partial charge on any atom is 0.248 e. The third-order valence-electron chi connectivity index (χ3n) is 1.35. The average molecular weight is 151 g/mol. The van der Waals surface area contributed by atoms with Crippen LogP contribution in [0.15, 0.2) is 19.0 Å². The van der Waals surface area contributed by atoms with Gasteiger partial charge in [0.05, 0.1) is 6.20 Å². The minimum absolute atomic E-state index is 0.290. The Morgan fingerprint density at radius 1 is 1.82 bits per heavy atom. The quantitative estimate of drug-likeness (QED) is 0.601. The zero-order valence-corrected chi connectivity index (χ0v) is 6.24. The maximum absolute atomic E-state index is 10.6. The van der Waals surface area contributed by atoms with E-state index in [1.165, 1.54) is 0 Å². The van der Waals surface area contributed by atoms with Crippen molar-refractivity contribution >= 4 is 11.5 Å². The summed E-state index contributed by atoms with van der Waals surface area (Å²) in [6.45, 7) is 3.51. The van der Waals surface area contributed by atoms with Crippen molar-refractivity contribution in [3.63, 3.8) is 0 Å². The molecule has 4 heteroatoms. The Morgan fingerprint density at radius 3 is 2.82 bits per heavy atom. The number of carbonyl (C=O) groups is 1. The van der Waals surface area contributed by atoms with Crippen LogP contribution >= 0.6 is 0 Å². The summed E-state index contributed by atoms with van der Waals surface area (Å²) in [6.07, 6.45) is 3.24. The summed E-state index contributed by atoms with van der Waals surface area (Å²) in [6, 6.07) is 0. The van der Waals surface area contributed by atoms with Gasteiger partial charge in [-0.2, -0.15) is 5.10 Å². The Hall–Kier alpha value is -1.58. The van der Waals surface area contributed by atoms with E-state index in [1.54, 1.807) is 24.1 Å². The molecule has 0 saturated heterocycles. The number of aromatic nitrogens is 2. The molecule has 0 fully saturated rings. The highest BCUT2D eigenvalue weighted by molar-refractivity contribution is 6.17. The second-order valence-corrected chi connectivity index (χ2v) is 2.25. The van der Waals surface area contributed by atoms with E-state index in [0.29, 0.717) is 5.56 Å². The fraction of sp³-hybridized carbons (Fsp3) is 0.143. The molecule has 58 valence electrons. The van der Waals surface area contributed by atoms with E-state index in [-0.39, 0.29) is 5.57 Å². The molecule has 2 N–H and O–H groups in total. The van der Waals surface area contributed by atoms with Crippen molar-refractivity contribution in [3.8, 4) is 0 Å². The Labute approximate surface area is 64.3 Å². The average Bonchev–Trinajstić information content (AvgIpc) is 2.34. The van der Waals surface area contributed by atoms with Gasteiger partial charge in [0.2, 0.25) is 5.91 Å². The van der Waals surface area contributed by atoms with E-state index in [9.17, 15) is 4.79 Å². The number of rotatable bonds is 2. The number of hydrogen-bond acceptors (Lipinski definition) is 2. The molecule has 0 atom stereocenters. The molecule has 0 unspecified atom stereocenters. The van der Waals surface area contributed by atoms with Crippen molar-refractivity contribution in [2.45, 2.75) is 0 Å². The lowest BCUT2D eigenvalue weighted by Crippen LogP contribution is -2.11. The molecule has 1 rings (SSSR count). The molecule has 1 aromatic rings.